The van der Waals surface area contributed by atoms with E-state index < -0.39 is 23.8 Å². The van der Waals surface area contributed by atoms with Crippen LogP contribution in [0.25, 0.3) is 0 Å². The smallest absolute Gasteiger partial charge is 0.249 e. The molecule has 0 bridgehead atoms. The first-order valence-corrected chi connectivity index (χ1v) is 6.93. The first-order valence-electron chi connectivity index (χ1n) is 6.93. The molecule has 3 rings (SSSR count). The molecule has 1 aromatic carbocycles. The molecule has 1 aromatic heterocycles. The quantitative estimate of drug-likeness (QED) is 0.868. The van der Waals surface area contributed by atoms with Crippen molar-refractivity contribution >= 4 is 11.8 Å². The van der Waals surface area contributed by atoms with E-state index in [4.69, 9.17) is 4.74 Å². The molecule has 2 aromatic rings. The van der Waals surface area contributed by atoms with Crippen LogP contribution in [0.1, 0.15) is 23.3 Å². The van der Waals surface area contributed by atoms with E-state index in [-0.39, 0.29) is 11.7 Å². The molecule has 120 valence electrons. The number of benzene rings is 1. The normalized spacial score (nSPS) is 20.8. The molecule has 0 saturated carbocycles. The number of halogens is 1. The first kappa shape index (κ1) is 15.0. The third-order valence-electron chi connectivity index (χ3n) is 3.76. The minimum Gasteiger partial charge on any atom is -0.494 e. The summed E-state index contributed by atoms with van der Waals surface area (Å²) >= 11 is 0. The zero-order chi connectivity index (χ0) is 16.6. The van der Waals surface area contributed by atoms with Crippen LogP contribution in [-0.4, -0.2) is 28.7 Å². The van der Waals surface area contributed by atoms with Crippen LogP contribution in [0, 0.1) is 5.82 Å². The van der Waals surface area contributed by atoms with Crippen molar-refractivity contribution in [2.75, 3.05) is 7.11 Å². The van der Waals surface area contributed by atoms with Crippen LogP contribution in [0.5, 0.6) is 5.75 Å². The van der Waals surface area contributed by atoms with Crippen molar-refractivity contribution in [3.05, 3.63) is 47.5 Å². The predicted octanol–water partition coefficient (Wildman–Crippen LogP) is 0.596. The van der Waals surface area contributed by atoms with E-state index in [0.29, 0.717) is 11.3 Å². The Balaban J connectivity index is 1.85. The van der Waals surface area contributed by atoms with Crippen molar-refractivity contribution in [3.63, 3.8) is 0 Å². The fourth-order valence-corrected chi connectivity index (χ4v) is 2.55. The van der Waals surface area contributed by atoms with Crippen LogP contribution in [-0.2, 0) is 16.6 Å². The van der Waals surface area contributed by atoms with Crippen LogP contribution in [0.3, 0.4) is 0 Å². The molecule has 1 saturated heterocycles. The number of amides is 2. The number of aromatic nitrogens is 2. The first-order chi connectivity index (χ1) is 11.0. The average molecular weight is 318 g/mol. The van der Waals surface area contributed by atoms with Gasteiger partial charge in [0.1, 0.15) is 6.04 Å². The fourth-order valence-electron chi connectivity index (χ4n) is 2.55. The van der Waals surface area contributed by atoms with Gasteiger partial charge in [0, 0.05) is 13.2 Å². The summed E-state index contributed by atoms with van der Waals surface area (Å²) in [7, 11) is 3.03. The molecule has 0 radical (unpaired) electrons. The molecular weight excluding hydrogens is 303 g/mol. The topological polar surface area (TPSA) is 85.2 Å². The SMILES string of the molecule is COc1ccc(C2NC(=O)C(c3ccnn3C)NC2=O)cc1F. The van der Waals surface area contributed by atoms with Gasteiger partial charge in [-0.3, -0.25) is 14.3 Å². The van der Waals surface area contributed by atoms with Crippen molar-refractivity contribution in [2.45, 2.75) is 12.1 Å². The van der Waals surface area contributed by atoms with Crippen molar-refractivity contribution < 1.29 is 18.7 Å². The molecule has 8 heteroatoms. The van der Waals surface area contributed by atoms with E-state index >= 15 is 0 Å². The Hall–Kier alpha value is -2.90. The summed E-state index contributed by atoms with van der Waals surface area (Å²) in [5.41, 5.74) is 0.910. The van der Waals surface area contributed by atoms with E-state index in [2.05, 4.69) is 15.7 Å². The summed E-state index contributed by atoms with van der Waals surface area (Å²) in [4.78, 5) is 24.6. The maximum Gasteiger partial charge on any atom is 0.249 e. The van der Waals surface area contributed by atoms with Crippen molar-refractivity contribution in [2.24, 2.45) is 7.05 Å². The van der Waals surface area contributed by atoms with Gasteiger partial charge >= 0.3 is 0 Å². The van der Waals surface area contributed by atoms with E-state index in [1.54, 1.807) is 19.3 Å². The summed E-state index contributed by atoms with van der Waals surface area (Å²) < 4.78 is 20.2. The zero-order valence-electron chi connectivity index (χ0n) is 12.5. The monoisotopic (exact) mass is 318 g/mol. The number of ether oxygens (including phenoxy) is 1. The van der Waals surface area contributed by atoms with E-state index in [9.17, 15) is 14.0 Å². The largest absolute Gasteiger partial charge is 0.494 e. The van der Waals surface area contributed by atoms with Crippen molar-refractivity contribution in [3.8, 4) is 5.75 Å². The Labute approximate surface area is 131 Å². The number of aryl methyl sites for hydroxylation is 1. The Bertz CT molecular complexity index is 774. The Morgan fingerprint density at radius 1 is 1.17 bits per heavy atom. The highest BCUT2D eigenvalue weighted by atomic mass is 19.1. The lowest BCUT2D eigenvalue weighted by atomic mass is 10.0. The summed E-state index contributed by atoms with van der Waals surface area (Å²) in [6.45, 7) is 0. The second-order valence-electron chi connectivity index (χ2n) is 5.16. The number of methoxy groups -OCH3 is 1. The van der Waals surface area contributed by atoms with E-state index in [1.807, 2.05) is 0 Å². The van der Waals surface area contributed by atoms with Crippen LogP contribution in [0.2, 0.25) is 0 Å². The van der Waals surface area contributed by atoms with Gasteiger partial charge in [0.25, 0.3) is 0 Å². The standard InChI is InChI=1S/C15H15FN4O3/c1-20-10(5-6-17-20)13-15(22)18-12(14(21)19-13)8-3-4-11(23-2)9(16)7-8/h3-7,12-13H,1-2H3,(H,18,22)(H,19,21). The van der Waals surface area contributed by atoms with Gasteiger partial charge in [-0.1, -0.05) is 6.07 Å². The highest BCUT2D eigenvalue weighted by Crippen LogP contribution is 2.26. The number of rotatable bonds is 3. The van der Waals surface area contributed by atoms with Gasteiger partial charge in [0.2, 0.25) is 11.8 Å². The van der Waals surface area contributed by atoms with Gasteiger partial charge in [-0.2, -0.15) is 5.10 Å². The van der Waals surface area contributed by atoms with Gasteiger partial charge in [-0.15, -0.1) is 0 Å². The lowest BCUT2D eigenvalue weighted by molar-refractivity contribution is -0.137. The third kappa shape index (κ3) is 2.63. The van der Waals surface area contributed by atoms with Crippen LogP contribution in [0.4, 0.5) is 4.39 Å². The second kappa shape index (κ2) is 5.71. The van der Waals surface area contributed by atoms with Crippen molar-refractivity contribution in [1.29, 1.82) is 0 Å². The second-order valence-corrected chi connectivity index (χ2v) is 5.16. The summed E-state index contributed by atoms with van der Waals surface area (Å²) in [6, 6.07) is 4.00. The van der Waals surface area contributed by atoms with Gasteiger partial charge in [0.15, 0.2) is 17.6 Å². The predicted molar refractivity (Wildman–Crippen MR) is 77.9 cm³/mol. The molecule has 1 aliphatic heterocycles. The van der Waals surface area contributed by atoms with Crippen LogP contribution >= 0.6 is 0 Å². The Morgan fingerprint density at radius 2 is 1.87 bits per heavy atom. The molecule has 2 unspecified atom stereocenters. The maximum atomic E-state index is 13.8. The number of nitrogens with one attached hydrogen (secondary N) is 2. The minimum absolute atomic E-state index is 0.0732. The number of hydrogen-bond donors (Lipinski definition) is 2. The lowest BCUT2D eigenvalue weighted by Gasteiger charge is -2.29. The molecule has 2 heterocycles. The summed E-state index contributed by atoms with van der Waals surface area (Å²) in [5, 5.41) is 9.23. The Kier molecular flexibility index (Phi) is 3.73. The zero-order valence-corrected chi connectivity index (χ0v) is 12.5. The average Bonchev–Trinajstić information content (AvgIpc) is 2.95. The van der Waals surface area contributed by atoms with Gasteiger partial charge in [-0.05, 0) is 23.8 Å². The number of carbonyl (C=O) groups excluding carboxylic acids is 2. The molecule has 7 nitrogen and oxygen atoms in total. The van der Waals surface area contributed by atoms with Gasteiger partial charge < -0.3 is 15.4 Å². The molecule has 0 aliphatic carbocycles. The van der Waals surface area contributed by atoms with E-state index in [0.717, 1.165) is 0 Å². The molecular formula is C15H15FN4O3. The lowest BCUT2D eigenvalue weighted by Crippen LogP contribution is -2.53. The number of piperazine rings is 1. The molecule has 2 amide bonds. The molecule has 0 spiro atoms. The molecule has 1 fully saturated rings. The number of hydrogen-bond acceptors (Lipinski definition) is 4. The summed E-state index contributed by atoms with van der Waals surface area (Å²) in [6.07, 6.45) is 1.54. The van der Waals surface area contributed by atoms with Crippen LogP contribution in [0.15, 0.2) is 30.5 Å². The van der Waals surface area contributed by atoms with Crippen molar-refractivity contribution in [1.82, 2.24) is 20.4 Å². The molecule has 23 heavy (non-hydrogen) atoms. The highest BCUT2D eigenvalue weighted by molar-refractivity contribution is 5.97. The van der Waals surface area contributed by atoms with E-state index in [1.165, 1.54) is 30.0 Å². The van der Waals surface area contributed by atoms with Gasteiger partial charge in [-0.25, -0.2) is 4.39 Å². The molecule has 1 aliphatic rings. The number of carbonyl (C=O) groups is 2. The Morgan fingerprint density at radius 3 is 2.48 bits per heavy atom. The van der Waals surface area contributed by atoms with Crippen LogP contribution < -0.4 is 15.4 Å². The number of nitrogens with zero attached hydrogens (tertiary/aromatic N) is 2. The fraction of sp³-hybridized carbons (Fsp3) is 0.267. The minimum atomic E-state index is -0.951. The maximum absolute atomic E-state index is 13.8. The van der Waals surface area contributed by atoms with Gasteiger partial charge in [0.05, 0.1) is 12.8 Å². The molecule has 2 N–H and O–H groups in total. The highest BCUT2D eigenvalue weighted by Gasteiger charge is 2.36. The summed E-state index contributed by atoms with van der Waals surface area (Å²) in [5.74, 6) is -1.32. The molecule has 2 atom stereocenters. The third-order valence-corrected chi connectivity index (χ3v) is 3.76.